The lowest BCUT2D eigenvalue weighted by Crippen LogP contribution is -2.35. The van der Waals surface area contributed by atoms with E-state index in [4.69, 9.17) is 10.5 Å². The van der Waals surface area contributed by atoms with Crippen molar-refractivity contribution in [2.24, 2.45) is 0 Å². The molecule has 0 aliphatic carbocycles. The first kappa shape index (κ1) is 20.0. The van der Waals surface area contributed by atoms with Gasteiger partial charge >= 0.3 is 6.18 Å². The van der Waals surface area contributed by atoms with E-state index >= 15 is 0 Å². The number of rotatable bonds is 3. The van der Waals surface area contributed by atoms with Crippen LogP contribution in [0.25, 0.3) is 16.6 Å². The number of fused-ring (bicyclic) bond motifs is 4. The predicted octanol–water partition coefficient (Wildman–Crippen LogP) is 3.47. The van der Waals surface area contributed by atoms with Crippen molar-refractivity contribution < 1.29 is 22.7 Å². The number of nitrogens with zero attached hydrogens (tertiary/aromatic N) is 5. The zero-order valence-corrected chi connectivity index (χ0v) is 16.8. The molecule has 5 rings (SSSR count). The van der Waals surface area contributed by atoms with Crippen LogP contribution in [0.5, 0.6) is 5.75 Å². The number of hydrogen-bond donors (Lipinski definition) is 1. The number of alkyl halides is 3. The van der Waals surface area contributed by atoms with Crippen molar-refractivity contribution in [1.82, 2.24) is 24.5 Å². The van der Waals surface area contributed by atoms with Crippen LogP contribution in [-0.4, -0.2) is 43.5 Å². The van der Waals surface area contributed by atoms with E-state index in [9.17, 15) is 18.0 Å². The second kappa shape index (κ2) is 7.08. The van der Waals surface area contributed by atoms with E-state index in [1.54, 1.807) is 30.0 Å². The molecule has 1 aliphatic heterocycles. The number of benzene rings is 2. The Morgan fingerprint density at radius 3 is 2.84 bits per heavy atom. The van der Waals surface area contributed by atoms with Gasteiger partial charge in [0.2, 0.25) is 5.95 Å². The predicted molar refractivity (Wildman–Crippen MR) is 109 cm³/mol. The lowest BCUT2D eigenvalue weighted by atomic mass is 10.0. The third-order valence-electron chi connectivity index (χ3n) is 5.59. The molecule has 0 saturated carbocycles. The van der Waals surface area contributed by atoms with Gasteiger partial charge in [0.25, 0.3) is 5.91 Å². The number of aromatic nitrogens is 4. The fraction of sp³-hybridized carbons (Fsp3) is 0.238. The van der Waals surface area contributed by atoms with E-state index in [-0.39, 0.29) is 24.2 Å². The van der Waals surface area contributed by atoms with E-state index in [2.05, 4.69) is 15.2 Å². The van der Waals surface area contributed by atoms with Crippen molar-refractivity contribution in [3.8, 4) is 5.75 Å². The molecule has 3 heterocycles. The average molecular weight is 442 g/mol. The van der Waals surface area contributed by atoms with Crippen LogP contribution in [0.2, 0.25) is 0 Å². The van der Waals surface area contributed by atoms with Gasteiger partial charge in [0.1, 0.15) is 18.7 Å². The van der Waals surface area contributed by atoms with Crippen LogP contribution in [0.1, 0.15) is 34.5 Å². The molecule has 0 saturated heterocycles. The fourth-order valence-corrected chi connectivity index (χ4v) is 4.01. The Labute approximate surface area is 179 Å². The van der Waals surface area contributed by atoms with Crippen LogP contribution < -0.4 is 10.5 Å². The molecule has 1 unspecified atom stereocenters. The Hall–Kier alpha value is -3.89. The average Bonchev–Trinajstić information content (AvgIpc) is 3.41. The highest BCUT2D eigenvalue weighted by molar-refractivity contribution is 6.01. The molecule has 1 aliphatic rings. The molecule has 0 bridgehead atoms. The summed E-state index contributed by atoms with van der Waals surface area (Å²) < 4.78 is 46.1. The number of halogens is 3. The highest BCUT2D eigenvalue weighted by atomic mass is 19.4. The third kappa shape index (κ3) is 3.08. The Morgan fingerprint density at radius 2 is 2.09 bits per heavy atom. The molecular formula is C21H17F3N6O2. The Kier molecular flexibility index (Phi) is 4.43. The minimum absolute atomic E-state index is 0.0797. The van der Waals surface area contributed by atoms with Crippen LogP contribution in [0.3, 0.4) is 0 Å². The second-order valence-corrected chi connectivity index (χ2v) is 7.39. The van der Waals surface area contributed by atoms with E-state index < -0.39 is 17.8 Å². The summed E-state index contributed by atoms with van der Waals surface area (Å²) in [5.74, 6) is 0.0781. The van der Waals surface area contributed by atoms with Crippen molar-refractivity contribution in [2.75, 3.05) is 18.9 Å². The molecule has 2 N–H and O–H groups in total. The van der Waals surface area contributed by atoms with Crippen molar-refractivity contribution in [3.63, 3.8) is 0 Å². The number of carbonyl (C=O) groups is 1. The molecule has 1 atom stereocenters. The van der Waals surface area contributed by atoms with Gasteiger partial charge in [-0.2, -0.15) is 13.2 Å². The van der Waals surface area contributed by atoms with Crippen molar-refractivity contribution in [2.45, 2.75) is 19.1 Å². The number of carbonyl (C=O) groups excluding carboxylic acids is 1. The van der Waals surface area contributed by atoms with E-state index in [1.807, 2.05) is 0 Å². The van der Waals surface area contributed by atoms with E-state index in [1.165, 1.54) is 16.8 Å². The van der Waals surface area contributed by atoms with Gasteiger partial charge < -0.3 is 15.4 Å². The van der Waals surface area contributed by atoms with E-state index in [0.29, 0.717) is 34.2 Å². The fourth-order valence-electron chi connectivity index (χ4n) is 4.01. The first-order chi connectivity index (χ1) is 15.3. The number of nitrogens with two attached hydrogens (primary N) is 1. The maximum atomic E-state index is 13.4. The first-order valence-electron chi connectivity index (χ1n) is 9.82. The molecule has 8 nitrogen and oxygen atoms in total. The minimum Gasteiger partial charge on any atom is -0.491 e. The quantitative estimate of drug-likeness (QED) is 0.522. The van der Waals surface area contributed by atoms with Crippen molar-refractivity contribution in [3.05, 3.63) is 59.4 Å². The molecule has 2 aromatic heterocycles. The molecule has 164 valence electrons. The summed E-state index contributed by atoms with van der Waals surface area (Å²) in [5, 5.41) is 8.52. The Balaban J connectivity index is 1.52. The smallest absolute Gasteiger partial charge is 0.416 e. The van der Waals surface area contributed by atoms with E-state index in [0.717, 1.165) is 12.1 Å². The summed E-state index contributed by atoms with van der Waals surface area (Å²) in [5.41, 5.74) is 7.09. The summed E-state index contributed by atoms with van der Waals surface area (Å²) in [4.78, 5) is 19.3. The van der Waals surface area contributed by atoms with Crippen LogP contribution in [0.4, 0.5) is 19.1 Å². The highest BCUT2D eigenvalue weighted by Gasteiger charge is 2.36. The number of anilines is 1. The Morgan fingerprint density at radius 1 is 1.28 bits per heavy atom. The van der Waals surface area contributed by atoms with Crippen LogP contribution >= 0.6 is 0 Å². The SMILES string of the molecule is CCN(C(=O)c1ccc2nc(N)n3cnnc3c2c1)C1COc2cc(C(F)(F)F)ccc21. The topological polar surface area (TPSA) is 98.6 Å². The number of hydrogen-bond acceptors (Lipinski definition) is 6. The lowest BCUT2D eigenvalue weighted by Gasteiger charge is -2.27. The van der Waals surface area contributed by atoms with Crippen LogP contribution in [-0.2, 0) is 6.18 Å². The first-order valence-corrected chi connectivity index (χ1v) is 9.82. The standard InChI is InChI=1S/C21H17F3N6O2/c1-2-29(16-9-32-17-8-12(21(22,23)24)4-5-13(16)17)19(31)11-3-6-15-14(7-11)18-28-26-10-30(18)20(25)27-15/h3-8,10,16H,2,9H2,1H3,(H2,25,27). The van der Waals surface area contributed by atoms with Gasteiger partial charge in [-0.1, -0.05) is 6.07 Å². The summed E-state index contributed by atoms with van der Waals surface area (Å²) in [6.07, 6.45) is -3.03. The molecule has 0 spiro atoms. The number of likely N-dealkylation sites (N-methyl/N-ethyl adjacent to an activating group) is 1. The number of ether oxygens (including phenoxy) is 1. The molecule has 0 fully saturated rings. The lowest BCUT2D eigenvalue weighted by molar-refractivity contribution is -0.137. The number of nitrogen functional groups attached to an aromatic ring is 1. The zero-order chi connectivity index (χ0) is 22.6. The summed E-state index contributed by atoms with van der Waals surface area (Å²) in [7, 11) is 0. The van der Waals surface area contributed by atoms with Crippen molar-refractivity contribution in [1.29, 1.82) is 0 Å². The van der Waals surface area contributed by atoms with Crippen LogP contribution in [0, 0.1) is 0 Å². The maximum Gasteiger partial charge on any atom is 0.416 e. The summed E-state index contributed by atoms with van der Waals surface area (Å²) in [6.45, 7) is 2.22. The minimum atomic E-state index is -4.47. The second-order valence-electron chi connectivity index (χ2n) is 7.39. The molecule has 11 heteroatoms. The molecule has 0 radical (unpaired) electrons. The van der Waals surface area contributed by atoms with Gasteiger partial charge in [0.15, 0.2) is 5.65 Å². The summed E-state index contributed by atoms with van der Waals surface area (Å²) in [6, 6.07) is 7.83. The maximum absolute atomic E-state index is 13.4. The van der Waals surface area contributed by atoms with Crippen LogP contribution in [0.15, 0.2) is 42.7 Å². The summed E-state index contributed by atoms with van der Waals surface area (Å²) >= 11 is 0. The van der Waals surface area contributed by atoms with Gasteiger partial charge in [0, 0.05) is 23.1 Å². The monoisotopic (exact) mass is 442 g/mol. The van der Waals surface area contributed by atoms with Gasteiger partial charge in [-0.05, 0) is 37.3 Å². The van der Waals surface area contributed by atoms with Gasteiger partial charge in [0.05, 0.1) is 17.1 Å². The highest BCUT2D eigenvalue weighted by Crippen LogP contribution is 2.40. The van der Waals surface area contributed by atoms with Gasteiger partial charge in [-0.15, -0.1) is 10.2 Å². The normalized spacial score (nSPS) is 15.7. The molecule has 4 aromatic rings. The Bertz CT molecular complexity index is 1370. The van der Waals surface area contributed by atoms with Gasteiger partial charge in [-0.25, -0.2) is 4.98 Å². The molecular weight excluding hydrogens is 425 g/mol. The molecule has 2 aromatic carbocycles. The zero-order valence-electron chi connectivity index (χ0n) is 16.8. The number of amides is 1. The van der Waals surface area contributed by atoms with Crippen molar-refractivity contribution >= 4 is 28.4 Å². The third-order valence-corrected chi connectivity index (χ3v) is 5.59. The molecule has 32 heavy (non-hydrogen) atoms. The largest absolute Gasteiger partial charge is 0.491 e. The van der Waals surface area contributed by atoms with Gasteiger partial charge in [-0.3, -0.25) is 9.20 Å². The molecule has 1 amide bonds.